The van der Waals surface area contributed by atoms with Crippen molar-refractivity contribution in [2.75, 3.05) is 27.3 Å². The molecule has 0 radical (unpaired) electrons. The molecule has 7 nitrogen and oxygen atoms in total. The smallest absolute Gasteiger partial charge is 0.267 e. The molecular formula is C24H30FN3O4. The molecule has 2 aromatic rings. The SMILES string of the molecule is COc1ccc(-c2ccc(=O)n(C3CCN(C(=O)C4CCCC(OC)C4)CC3)n2)cc1F. The maximum atomic E-state index is 14.1. The number of hydrogen-bond donors (Lipinski definition) is 0. The highest BCUT2D eigenvalue weighted by atomic mass is 19.1. The number of halogens is 1. The van der Waals surface area contributed by atoms with E-state index in [1.807, 2.05) is 4.90 Å². The third-order valence-electron chi connectivity index (χ3n) is 6.70. The molecule has 1 aliphatic heterocycles. The van der Waals surface area contributed by atoms with E-state index in [1.54, 1.807) is 25.3 Å². The average Bonchev–Trinajstić information content (AvgIpc) is 2.84. The van der Waals surface area contributed by atoms with Gasteiger partial charge in [0, 0.05) is 37.7 Å². The van der Waals surface area contributed by atoms with Crippen molar-refractivity contribution >= 4 is 5.91 Å². The van der Waals surface area contributed by atoms with Gasteiger partial charge in [0.2, 0.25) is 5.91 Å². The van der Waals surface area contributed by atoms with Gasteiger partial charge in [0.15, 0.2) is 11.6 Å². The Labute approximate surface area is 187 Å². The highest BCUT2D eigenvalue weighted by molar-refractivity contribution is 5.79. The highest BCUT2D eigenvalue weighted by Crippen LogP contribution is 2.30. The van der Waals surface area contributed by atoms with Crippen molar-refractivity contribution in [3.8, 4) is 17.0 Å². The Kier molecular flexibility index (Phi) is 6.89. The molecule has 0 N–H and O–H groups in total. The van der Waals surface area contributed by atoms with Crippen LogP contribution >= 0.6 is 0 Å². The molecule has 8 heteroatoms. The maximum Gasteiger partial charge on any atom is 0.267 e. The Morgan fingerprint density at radius 2 is 1.88 bits per heavy atom. The molecular weight excluding hydrogens is 413 g/mol. The number of carbonyl (C=O) groups is 1. The van der Waals surface area contributed by atoms with E-state index >= 15 is 0 Å². The van der Waals surface area contributed by atoms with E-state index in [9.17, 15) is 14.0 Å². The van der Waals surface area contributed by atoms with E-state index in [0.29, 0.717) is 37.2 Å². The van der Waals surface area contributed by atoms with E-state index in [-0.39, 0.29) is 35.3 Å². The molecule has 4 rings (SSSR count). The van der Waals surface area contributed by atoms with Crippen LogP contribution in [-0.4, -0.2) is 54.0 Å². The van der Waals surface area contributed by atoms with Crippen LogP contribution in [0.5, 0.6) is 5.75 Å². The van der Waals surface area contributed by atoms with Crippen LogP contribution < -0.4 is 10.3 Å². The summed E-state index contributed by atoms with van der Waals surface area (Å²) in [6, 6.07) is 7.61. The molecule has 172 valence electrons. The minimum absolute atomic E-state index is 0.0272. The van der Waals surface area contributed by atoms with Crippen molar-refractivity contribution in [2.45, 2.75) is 50.7 Å². The maximum absolute atomic E-state index is 14.1. The van der Waals surface area contributed by atoms with Gasteiger partial charge >= 0.3 is 0 Å². The number of methoxy groups -OCH3 is 2. The average molecular weight is 444 g/mol. The highest BCUT2D eigenvalue weighted by Gasteiger charge is 2.33. The van der Waals surface area contributed by atoms with Gasteiger partial charge in [-0.05, 0) is 56.4 Å². The molecule has 1 saturated carbocycles. The summed E-state index contributed by atoms with van der Waals surface area (Å²) in [4.78, 5) is 27.4. The number of amides is 1. The van der Waals surface area contributed by atoms with Crippen LogP contribution in [0.4, 0.5) is 4.39 Å². The van der Waals surface area contributed by atoms with Gasteiger partial charge in [0.25, 0.3) is 5.56 Å². The summed E-state index contributed by atoms with van der Waals surface area (Å²) in [5.41, 5.74) is 0.912. The lowest BCUT2D eigenvalue weighted by atomic mass is 9.85. The van der Waals surface area contributed by atoms with E-state index in [4.69, 9.17) is 9.47 Å². The fourth-order valence-corrected chi connectivity index (χ4v) is 4.84. The first-order valence-electron chi connectivity index (χ1n) is 11.3. The van der Waals surface area contributed by atoms with E-state index < -0.39 is 5.82 Å². The zero-order valence-electron chi connectivity index (χ0n) is 18.6. The first kappa shape index (κ1) is 22.5. The van der Waals surface area contributed by atoms with E-state index in [1.165, 1.54) is 23.9 Å². The largest absolute Gasteiger partial charge is 0.494 e. The second-order valence-corrected chi connectivity index (χ2v) is 8.63. The zero-order valence-corrected chi connectivity index (χ0v) is 18.6. The number of hydrogen-bond acceptors (Lipinski definition) is 5. The van der Waals surface area contributed by atoms with Gasteiger partial charge in [-0.25, -0.2) is 9.07 Å². The van der Waals surface area contributed by atoms with Crippen molar-refractivity contribution in [3.63, 3.8) is 0 Å². The summed E-state index contributed by atoms with van der Waals surface area (Å²) in [6.45, 7) is 1.21. The number of likely N-dealkylation sites (tertiary alicyclic amines) is 1. The third kappa shape index (κ3) is 4.70. The molecule has 2 fully saturated rings. The lowest BCUT2D eigenvalue weighted by molar-refractivity contribution is -0.139. The Bertz CT molecular complexity index is 1020. The summed E-state index contributed by atoms with van der Waals surface area (Å²) in [5, 5.41) is 4.52. The summed E-state index contributed by atoms with van der Waals surface area (Å²) in [7, 11) is 3.12. The summed E-state index contributed by atoms with van der Waals surface area (Å²) in [5.74, 6) is -0.0870. The standard InChI is InChI=1S/C24H30FN3O4/c1-31-19-5-3-4-17(14-19)24(30)27-12-10-18(11-13-27)28-23(29)9-7-21(26-28)16-6-8-22(32-2)20(25)15-16/h6-9,15,17-19H,3-5,10-14H2,1-2H3. The second-order valence-electron chi connectivity index (χ2n) is 8.63. The minimum Gasteiger partial charge on any atom is -0.494 e. The van der Waals surface area contributed by atoms with Gasteiger partial charge in [0.05, 0.1) is 24.9 Å². The van der Waals surface area contributed by atoms with Crippen molar-refractivity contribution in [2.24, 2.45) is 5.92 Å². The summed E-state index contributed by atoms with van der Waals surface area (Å²) in [6.07, 6.45) is 5.24. The van der Waals surface area contributed by atoms with Gasteiger partial charge in [-0.2, -0.15) is 5.10 Å². The molecule has 1 aromatic carbocycles. The van der Waals surface area contributed by atoms with Crippen LogP contribution in [-0.2, 0) is 9.53 Å². The van der Waals surface area contributed by atoms with Gasteiger partial charge < -0.3 is 14.4 Å². The molecule has 32 heavy (non-hydrogen) atoms. The number of benzene rings is 1. The zero-order chi connectivity index (χ0) is 22.7. The van der Waals surface area contributed by atoms with Crippen LogP contribution in [0.1, 0.15) is 44.6 Å². The van der Waals surface area contributed by atoms with Crippen LogP contribution in [0.3, 0.4) is 0 Å². The second kappa shape index (κ2) is 9.81. The van der Waals surface area contributed by atoms with Crippen LogP contribution in [0.25, 0.3) is 11.3 Å². The normalized spacial score (nSPS) is 22.0. The topological polar surface area (TPSA) is 73.7 Å². The van der Waals surface area contributed by atoms with Crippen LogP contribution in [0.2, 0.25) is 0 Å². The van der Waals surface area contributed by atoms with E-state index in [2.05, 4.69) is 5.10 Å². The molecule has 2 aliphatic rings. The molecule has 0 spiro atoms. The Hall–Kier alpha value is -2.74. The predicted octanol–water partition coefficient (Wildman–Crippen LogP) is 3.43. The fraction of sp³-hybridized carbons (Fsp3) is 0.542. The first-order valence-corrected chi connectivity index (χ1v) is 11.3. The Morgan fingerprint density at radius 1 is 1.09 bits per heavy atom. The molecule has 0 bridgehead atoms. The van der Waals surface area contributed by atoms with Crippen LogP contribution in [0.15, 0.2) is 35.1 Å². The first-order chi connectivity index (χ1) is 15.5. The monoisotopic (exact) mass is 443 g/mol. The number of piperidine rings is 1. The number of rotatable bonds is 5. The number of carbonyl (C=O) groups excluding carboxylic acids is 1. The van der Waals surface area contributed by atoms with Crippen molar-refractivity contribution in [1.82, 2.24) is 14.7 Å². The quantitative estimate of drug-likeness (QED) is 0.708. The molecule has 2 heterocycles. The third-order valence-corrected chi connectivity index (χ3v) is 6.70. The molecule has 1 amide bonds. The molecule has 1 aromatic heterocycles. The minimum atomic E-state index is -0.477. The molecule has 2 atom stereocenters. The molecule has 2 unspecified atom stereocenters. The van der Waals surface area contributed by atoms with Gasteiger partial charge in [-0.3, -0.25) is 9.59 Å². The number of aromatic nitrogens is 2. The van der Waals surface area contributed by atoms with Crippen molar-refractivity contribution in [3.05, 3.63) is 46.5 Å². The fourth-order valence-electron chi connectivity index (χ4n) is 4.84. The number of nitrogens with zero attached hydrogens (tertiary/aromatic N) is 3. The van der Waals surface area contributed by atoms with Crippen molar-refractivity contribution in [1.29, 1.82) is 0 Å². The predicted molar refractivity (Wildman–Crippen MR) is 118 cm³/mol. The van der Waals surface area contributed by atoms with Gasteiger partial charge in [-0.1, -0.05) is 6.42 Å². The summed E-state index contributed by atoms with van der Waals surface area (Å²) >= 11 is 0. The van der Waals surface area contributed by atoms with Crippen molar-refractivity contribution < 1.29 is 18.7 Å². The van der Waals surface area contributed by atoms with E-state index in [0.717, 1.165) is 25.7 Å². The lowest BCUT2D eigenvalue weighted by Crippen LogP contribution is -2.45. The van der Waals surface area contributed by atoms with Gasteiger partial charge in [-0.15, -0.1) is 0 Å². The number of ether oxygens (including phenoxy) is 2. The Balaban J connectivity index is 1.44. The van der Waals surface area contributed by atoms with Crippen LogP contribution in [0, 0.1) is 11.7 Å². The summed E-state index contributed by atoms with van der Waals surface area (Å²) < 4.78 is 26.0. The molecule has 1 saturated heterocycles. The molecule has 1 aliphatic carbocycles. The lowest BCUT2D eigenvalue weighted by Gasteiger charge is -2.36. The Morgan fingerprint density at radius 3 is 2.56 bits per heavy atom. The van der Waals surface area contributed by atoms with Gasteiger partial charge in [0.1, 0.15) is 0 Å².